The zero-order chi connectivity index (χ0) is 16.8. The molecule has 24 heavy (non-hydrogen) atoms. The Hall–Kier alpha value is -2.21. The van der Waals surface area contributed by atoms with Crippen LogP contribution in [-0.4, -0.2) is 36.8 Å². The molecule has 0 fully saturated rings. The normalized spacial score (nSPS) is 15.9. The van der Waals surface area contributed by atoms with Crippen molar-refractivity contribution in [3.8, 4) is 11.5 Å². The Morgan fingerprint density at radius 3 is 2.79 bits per heavy atom. The first-order valence-corrected chi connectivity index (χ1v) is 8.46. The van der Waals surface area contributed by atoms with Crippen LogP contribution in [0.15, 0.2) is 24.3 Å². The summed E-state index contributed by atoms with van der Waals surface area (Å²) in [4.78, 5) is 6.96. The highest BCUT2D eigenvalue weighted by atomic mass is 19.1. The molecule has 0 spiro atoms. The van der Waals surface area contributed by atoms with E-state index in [-0.39, 0.29) is 5.82 Å². The van der Waals surface area contributed by atoms with Crippen molar-refractivity contribution in [2.24, 2.45) is 7.05 Å². The molecule has 3 heterocycles. The fourth-order valence-electron chi connectivity index (χ4n) is 3.45. The van der Waals surface area contributed by atoms with Gasteiger partial charge < -0.3 is 4.57 Å². The van der Waals surface area contributed by atoms with Crippen LogP contribution in [0.2, 0.25) is 0 Å². The first-order chi connectivity index (χ1) is 11.5. The summed E-state index contributed by atoms with van der Waals surface area (Å²) in [6.07, 6.45) is 1.09. The molecular weight excluding hydrogens is 305 g/mol. The van der Waals surface area contributed by atoms with Gasteiger partial charge in [0.25, 0.3) is 0 Å². The standard InChI is InChI=1S/C18H22FN5/c1-12(2)23-8-5-9-24-13(11-23)10-15(21-24)18-20-17-14(19)6-4-7-16(17)22(18)3/h4,6-7,10,12H,5,8-9,11H2,1-3H3. The summed E-state index contributed by atoms with van der Waals surface area (Å²) in [6.45, 7) is 7.34. The first kappa shape index (κ1) is 15.3. The third kappa shape index (κ3) is 2.41. The molecule has 0 radical (unpaired) electrons. The fraction of sp³-hybridized carbons (Fsp3) is 0.444. The van der Waals surface area contributed by atoms with Crippen molar-refractivity contribution in [3.05, 3.63) is 35.8 Å². The number of para-hydroxylation sites is 1. The van der Waals surface area contributed by atoms with Crippen LogP contribution in [0.5, 0.6) is 0 Å². The monoisotopic (exact) mass is 327 g/mol. The van der Waals surface area contributed by atoms with E-state index < -0.39 is 0 Å². The number of nitrogens with zero attached hydrogens (tertiary/aromatic N) is 5. The third-order valence-corrected chi connectivity index (χ3v) is 4.87. The number of imidazole rings is 1. The lowest BCUT2D eigenvalue weighted by Crippen LogP contribution is -2.30. The average molecular weight is 327 g/mol. The molecule has 3 aromatic rings. The number of aryl methyl sites for hydroxylation is 2. The summed E-state index contributed by atoms with van der Waals surface area (Å²) in [7, 11) is 1.91. The fourth-order valence-corrected chi connectivity index (χ4v) is 3.45. The second kappa shape index (κ2) is 5.70. The van der Waals surface area contributed by atoms with Gasteiger partial charge in [0.1, 0.15) is 11.2 Å². The minimum Gasteiger partial charge on any atom is -0.326 e. The Bertz CT molecular complexity index is 892. The van der Waals surface area contributed by atoms with Crippen LogP contribution in [-0.2, 0) is 20.1 Å². The molecule has 126 valence electrons. The Balaban J connectivity index is 1.78. The topological polar surface area (TPSA) is 38.9 Å². The van der Waals surface area contributed by atoms with Crippen molar-refractivity contribution in [1.82, 2.24) is 24.2 Å². The first-order valence-electron chi connectivity index (χ1n) is 8.46. The van der Waals surface area contributed by atoms with Crippen LogP contribution in [0.4, 0.5) is 4.39 Å². The number of benzene rings is 1. The van der Waals surface area contributed by atoms with Gasteiger partial charge in [-0.2, -0.15) is 5.10 Å². The highest BCUT2D eigenvalue weighted by Gasteiger charge is 2.21. The summed E-state index contributed by atoms with van der Waals surface area (Å²) in [5.74, 6) is 0.424. The molecule has 0 amide bonds. The largest absolute Gasteiger partial charge is 0.326 e. The molecular formula is C18H22FN5. The summed E-state index contributed by atoms with van der Waals surface area (Å²) < 4.78 is 18.0. The Kier molecular flexibility index (Phi) is 3.64. The van der Waals surface area contributed by atoms with Crippen molar-refractivity contribution < 1.29 is 4.39 Å². The number of hydrogen-bond donors (Lipinski definition) is 0. The van der Waals surface area contributed by atoms with E-state index in [1.807, 2.05) is 17.7 Å². The molecule has 4 rings (SSSR count). The number of hydrogen-bond acceptors (Lipinski definition) is 3. The maximum Gasteiger partial charge on any atom is 0.161 e. The van der Waals surface area contributed by atoms with Gasteiger partial charge in [-0.1, -0.05) is 6.07 Å². The molecule has 1 aliphatic heterocycles. The second-order valence-corrected chi connectivity index (χ2v) is 6.76. The maximum absolute atomic E-state index is 14.0. The zero-order valence-electron chi connectivity index (χ0n) is 14.3. The van der Waals surface area contributed by atoms with Gasteiger partial charge in [-0.05, 0) is 38.5 Å². The van der Waals surface area contributed by atoms with E-state index >= 15 is 0 Å². The molecule has 0 aliphatic carbocycles. The number of fused-ring (bicyclic) bond motifs is 2. The Labute approximate surface area is 140 Å². The number of halogens is 1. The van der Waals surface area contributed by atoms with Gasteiger partial charge in [-0.15, -0.1) is 0 Å². The zero-order valence-corrected chi connectivity index (χ0v) is 14.3. The smallest absolute Gasteiger partial charge is 0.161 e. The molecule has 1 aromatic carbocycles. The molecule has 0 atom stereocenters. The van der Waals surface area contributed by atoms with E-state index in [9.17, 15) is 4.39 Å². The van der Waals surface area contributed by atoms with Gasteiger partial charge >= 0.3 is 0 Å². The van der Waals surface area contributed by atoms with Crippen LogP contribution < -0.4 is 0 Å². The molecule has 5 nitrogen and oxygen atoms in total. The van der Waals surface area contributed by atoms with Gasteiger partial charge in [-0.25, -0.2) is 9.37 Å². The highest BCUT2D eigenvalue weighted by molar-refractivity contribution is 5.80. The van der Waals surface area contributed by atoms with Gasteiger partial charge in [0.15, 0.2) is 11.6 Å². The summed E-state index contributed by atoms with van der Waals surface area (Å²) in [6, 6.07) is 7.66. The molecule has 0 bridgehead atoms. The van der Waals surface area contributed by atoms with Gasteiger partial charge in [0.05, 0.1) is 11.2 Å². The molecule has 0 saturated carbocycles. The highest BCUT2D eigenvalue weighted by Crippen LogP contribution is 2.26. The average Bonchev–Trinajstić information content (AvgIpc) is 3.03. The van der Waals surface area contributed by atoms with Crippen molar-refractivity contribution in [2.75, 3.05) is 6.54 Å². The Morgan fingerprint density at radius 2 is 2.04 bits per heavy atom. The number of rotatable bonds is 2. The summed E-state index contributed by atoms with van der Waals surface area (Å²) in [5.41, 5.74) is 3.21. The maximum atomic E-state index is 14.0. The minimum absolute atomic E-state index is 0.291. The Morgan fingerprint density at radius 1 is 1.21 bits per heavy atom. The van der Waals surface area contributed by atoms with E-state index in [0.717, 1.165) is 37.3 Å². The van der Waals surface area contributed by atoms with Gasteiger partial charge in [-0.3, -0.25) is 9.58 Å². The lowest BCUT2D eigenvalue weighted by atomic mass is 10.2. The lowest BCUT2D eigenvalue weighted by molar-refractivity contribution is 0.216. The quantitative estimate of drug-likeness (QED) is 0.725. The van der Waals surface area contributed by atoms with Crippen molar-refractivity contribution in [2.45, 2.75) is 39.4 Å². The van der Waals surface area contributed by atoms with E-state index in [2.05, 4.69) is 34.5 Å². The van der Waals surface area contributed by atoms with Crippen molar-refractivity contribution in [1.29, 1.82) is 0 Å². The van der Waals surface area contributed by atoms with E-state index in [1.165, 1.54) is 11.8 Å². The van der Waals surface area contributed by atoms with Crippen LogP contribution in [0.25, 0.3) is 22.6 Å². The van der Waals surface area contributed by atoms with Gasteiger partial charge in [0, 0.05) is 32.7 Å². The predicted octanol–water partition coefficient (Wildman–Crippen LogP) is 3.19. The van der Waals surface area contributed by atoms with Crippen LogP contribution in [0.3, 0.4) is 0 Å². The van der Waals surface area contributed by atoms with E-state index in [0.29, 0.717) is 17.4 Å². The van der Waals surface area contributed by atoms with Crippen LogP contribution in [0.1, 0.15) is 26.0 Å². The molecule has 0 unspecified atom stereocenters. The van der Waals surface area contributed by atoms with Crippen LogP contribution >= 0.6 is 0 Å². The van der Waals surface area contributed by atoms with Gasteiger partial charge in [0.2, 0.25) is 0 Å². The molecule has 0 N–H and O–H groups in total. The SMILES string of the molecule is CC(C)N1CCCn2nc(-c3nc4c(F)cccc4n3C)cc2C1. The third-order valence-electron chi connectivity index (χ3n) is 4.87. The van der Waals surface area contributed by atoms with Crippen LogP contribution in [0, 0.1) is 5.82 Å². The summed E-state index contributed by atoms with van der Waals surface area (Å²) in [5, 5.41) is 4.74. The van der Waals surface area contributed by atoms with E-state index in [4.69, 9.17) is 5.10 Å². The predicted molar refractivity (Wildman–Crippen MR) is 92.1 cm³/mol. The second-order valence-electron chi connectivity index (χ2n) is 6.76. The van der Waals surface area contributed by atoms with Crippen molar-refractivity contribution in [3.63, 3.8) is 0 Å². The molecule has 1 aliphatic rings. The number of aromatic nitrogens is 4. The van der Waals surface area contributed by atoms with E-state index in [1.54, 1.807) is 6.07 Å². The lowest BCUT2D eigenvalue weighted by Gasteiger charge is -2.23. The van der Waals surface area contributed by atoms with Crippen molar-refractivity contribution >= 4 is 11.0 Å². The molecule has 2 aromatic heterocycles. The molecule has 6 heteroatoms. The summed E-state index contributed by atoms with van der Waals surface area (Å²) >= 11 is 0. The minimum atomic E-state index is -0.291. The molecule has 0 saturated heterocycles.